The van der Waals surface area contributed by atoms with E-state index in [0.29, 0.717) is 13.1 Å². The Bertz CT molecular complexity index is 719. The molecular formula is C18H24N6O2. The van der Waals surface area contributed by atoms with Crippen LogP contribution in [0.2, 0.25) is 0 Å². The molecule has 0 bridgehead atoms. The largest absolute Gasteiger partial charge is 0.363 e. The van der Waals surface area contributed by atoms with Gasteiger partial charge in [-0.15, -0.1) is 0 Å². The van der Waals surface area contributed by atoms with Crippen LogP contribution in [0, 0.1) is 10.1 Å². The Balaban J connectivity index is 1.64. The summed E-state index contributed by atoms with van der Waals surface area (Å²) in [4.78, 5) is 21.6. The zero-order valence-corrected chi connectivity index (χ0v) is 14.7. The van der Waals surface area contributed by atoms with E-state index < -0.39 is 4.92 Å². The number of hydrogen-bond donors (Lipinski definition) is 2. The smallest absolute Gasteiger partial charge is 0.353 e. The van der Waals surface area contributed by atoms with Crippen molar-refractivity contribution in [3.05, 3.63) is 52.3 Å². The molecule has 0 amide bonds. The summed E-state index contributed by atoms with van der Waals surface area (Å²) in [5.41, 5.74) is 0.919. The van der Waals surface area contributed by atoms with Crippen LogP contribution >= 0.6 is 0 Å². The molecule has 8 heteroatoms. The number of hydrogen-bond acceptors (Lipinski definition) is 7. The summed E-state index contributed by atoms with van der Waals surface area (Å²) in [5.74, 6) is 0.492. The molecule has 1 aromatic heterocycles. The predicted octanol–water partition coefficient (Wildman–Crippen LogP) is 2.89. The van der Waals surface area contributed by atoms with Gasteiger partial charge in [0.05, 0.1) is 4.92 Å². The van der Waals surface area contributed by atoms with Gasteiger partial charge in [-0.2, -0.15) is 0 Å². The average Bonchev–Trinajstić information content (AvgIpc) is 2.68. The molecule has 0 saturated carbocycles. The average molecular weight is 356 g/mol. The highest BCUT2D eigenvalue weighted by Crippen LogP contribution is 2.29. The van der Waals surface area contributed by atoms with Crippen LogP contribution in [0.3, 0.4) is 0 Å². The predicted molar refractivity (Wildman–Crippen MR) is 101 cm³/mol. The summed E-state index contributed by atoms with van der Waals surface area (Å²) in [6.45, 7) is 4.13. The van der Waals surface area contributed by atoms with Crippen molar-refractivity contribution < 1.29 is 4.92 Å². The zero-order chi connectivity index (χ0) is 18.2. The first-order valence-corrected chi connectivity index (χ1v) is 8.97. The van der Waals surface area contributed by atoms with Crippen molar-refractivity contribution in [1.82, 2.24) is 14.9 Å². The number of benzene rings is 1. The Hall–Kier alpha value is -2.74. The van der Waals surface area contributed by atoms with E-state index in [9.17, 15) is 10.1 Å². The quantitative estimate of drug-likeness (QED) is 0.554. The van der Waals surface area contributed by atoms with Gasteiger partial charge in [-0.3, -0.25) is 10.1 Å². The van der Waals surface area contributed by atoms with Crippen molar-refractivity contribution in [2.45, 2.75) is 25.8 Å². The monoisotopic (exact) mass is 356 g/mol. The van der Waals surface area contributed by atoms with E-state index in [-0.39, 0.29) is 17.3 Å². The Morgan fingerprint density at radius 1 is 1.04 bits per heavy atom. The van der Waals surface area contributed by atoms with Gasteiger partial charge in [0.15, 0.2) is 0 Å². The van der Waals surface area contributed by atoms with Crippen LogP contribution in [0.25, 0.3) is 0 Å². The van der Waals surface area contributed by atoms with Gasteiger partial charge in [0.25, 0.3) is 0 Å². The lowest BCUT2D eigenvalue weighted by Crippen LogP contribution is -2.33. The van der Waals surface area contributed by atoms with Crippen LogP contribution in [-0.2, 0) is 6.54 Å². The molecule has 1 aliphatic rings. The first-order chi connectivity index (χ1) is 12.7. The van der Waals surface area contributed by atoms with Crippen molar-refractivity contribution in [1.29, 1.82) is 0 Å². The first kappa shape index (κ1) is 18.1. The number of anilines is 2. The third kappa shape index (κ3) is 4.89. The number of nitro groups is 1. The minimum absolute atomic E-state index is 0.109. The van der Waals surface area contributed by atoms with E-state index in [1.165, 1.54) is 25.6 Å². The molecule has 1 aliphatic heterocycles. The summed E-state index contributed by atoms with van der Waals surface area (Å²) in [6, 6.07) is 9.70. The SMILES string of the molecule is O=[N+]([O-])c1c(NCCN2CCCCC2)ncnc1NCc1ccccc1. The second kappa shape index (κ2) is 9.10. The Labute approximate surface area is 152 Å². The van der Waals surface area contributed by atoms with Crippen LogP contribution in [0.15, 0.2) is 36.7 Å². The summed E-state index contributed by atoms with van der Waals surface area (Å²) in [5, 5.41) is 17.7. The molecule has 2 N–H and O–H groups in total. The van der Waals surface area contributed by atoms with Gasteiger partial charge in [-0.1, -0.05) is 36.8 Å². The summed E-state index contributed by atoms with van der Waals surface area (Å²) in [7, 11) is 0. The summed E-state index contributed by atoms with van der Waals surface area (Å²) in [6.07, 6.45) is 5.09. The number of likely N-dealkylation sites (tertiary alicyclic amines) is 1. The second-order valence-corrected chi connectivity index (χ2v) is 6.34. The minimum Gasteiger partial charge on any atom is -0.363 e. The highest BCUT2D eigenvalue weighted by Gasteiger charge is 2.22. The van der Waals surface area contributed by atoms with Gasteiger partial charge in [0.2, 0.25) is 11.6 Å². The fourth-order valence-electron chi connectivity index (χ4n) is 3.11. The van der Waals surface area contributed by atoms with E-state index in [1.54, 1.807) is 0 Å². The number of rotatable bonds is 8. The lowest BCUT2D eigenvalue weighted by molar-refractivity contribution is -0.383. The highest BCUT2D eigenvalue weighted by molar-refractivity contribution is 5.69. The van der Waals surface area contributed by atoms with Gasteiger partial charge in [-0.25, -0.2) is 9.97 Å². The van der Waals surface area contributed by atoms with E-state index in [4.69, 9.17) is 0 Å². The Morgan fingerprint density at radius 2 is 1.73 bits per heavy atom. The van der Waals surface area contributed by atoms with Crippen molar-refractivity contribution in [3.63, 3.8) is 0 Å². The molecule has 2 heterocycles. The van der Waals surface area contributed by atoms with E-state index in [0.717, 1.165) is 25.2 Å². The fourth-order valence-corrected chi connectivity index (χ4v) is 3.11. The van der Waals surface area contributed by atoms with Gasteiger partial charge in [0, 0.05) is 19.6 Å². The van der Waals surface area contributed by atoms with Crippen molar-refractivity contribution in [2.75, 3.05) is 36.8 Å². The van der Waals surface area contributed by atoms with Crippen LogP contribution in [0.1, 0.15) is 24.8 Å². The second-order valence-electron chi connectivity index (χ2n) is 6.34. The van der Waals surface area contributed by atoms with Gasteiger partial charge >= 0.3 is 5.69 Å². The normalized spacial score (nSPS) is 14.8. The van der Waals surface area contributed by atoms with Crippen molar-refractivity contribution in [2.24, 2.45) is 0 Å². The topological polar surface area (TPSA) is 96.2 Å². The van der Waals surface area contributed by atoms with Crippen LogP contribution in [-0.4, -0.2) is 46.0 Å². The Kier molecular flexibility index (Phi) is 6.32. The molecule has 1 fully saturated rings. The van der Waals surface area contributed by atoms with Gasteiger partial charge < -0.3 is 15.5 Å². The first-order valence-electron chi connectivity index (χ1n) is 8.97. The number of nitrogens with one attached hydrogen (secondary N) is 2. The molecule has 0 unspecified atom stereocenters. The molecule has 0 atom stereocenters. The summed E-state index contributed by atoms with van der Waals surface area (Å²) >= 11 is 0. The maximum atomic E-state index is 11.6. The Morgan fingerprint density at radius 3 is 2.42 bits per heavy atom. The maximum Gasteiger partial charge on any atom is 0.353 e. The third-order valence-electron chi connectivity index (χ3n) is 4.48. The summed E-state index contributed by atoms with van der Waals surface area (Å²) < 4.78 is 0. The molecule has 1 saturated heterocycles. The molecule has 8 nitrogen and oxygen atoms in total. The lowest BCUT2D eigenvalue weighted by Gasteiger charge is -2.26. The third-order valence-corrected chi connectivity index (χ3v) is 4.48. The lowest BCUT2D eigenvalue weighted by atomic mass is 10.1. The molecule has 0 aliphatic carbocycles. The van der Waals surface area contributed by atoms with Crippen LogP contribution in [0.5, 0.6) is 0 Å². The molecule has 26 heavy (non-hydrogen) atoms. The van der Waals surface area contributed by atoms with Gasteiger partial charge in [0.1, 0.15) is 6.33 Å². The molecule has 2 aromatic rings. The number of piperidine rings is 1. The van der Waals surface area contributed by atoms with Crippen molar-refractivity contribution in [3.8, 4) is 0 Å². The zero-order valence-electron chi connectivity index (χ0n) is 14.7. The standard InChI is InChI=1S/C18H24N6O2/c25-24(26)16-17(19-9-12-23-10-5-2-6-11-23)21-14-22-18(16)20-13-15-7-3-1-4-8-15/h1,3-4,7-8,14H,2,5-6,9-13H2,(H2,19,20,21,22). The molecular weight excluding hydrogens is 332 g/mol. The minimum atomic E-state index is -0.434. The molecule has 1 aromatic carbocycles. The van der Waals surface area contributed by atoms with E-state index in [2.05, 4.69) is 25.5 Å². The van der Waals surface area contributed by atoms with Crippen LogP contribution in [0.4, 0.5) is 17.3 Å². The maximum absolute atomic E-state index is 11.6. The molecule has 0 spiro atoms. The van der Waals surface area contributed by atoms with Crippen molar-refractivity contribution >= 4 is 17.3 Å². The molecule has 138 valence electrons. The number of nitrogens with zero attached hydrogens (tertiary/aromatic N) is 4. The van der Waals surface area contributed by atoms with E-state index in [1.807, 2.05) is 30.3 Å². The van der Waals surface area contributed by atoms with Crippen LogP contribution < -0.4 is 10.6 Å². The highest BCUT2D eigenvalue weighted by atomic mass is 16.6. The number of aromatic nitrogens is 2. The van der Waals surface area contributed by atoms with Gasteiger partial charge in [-0.05, 0) is 31.5 Å². The molecule has 3 rings (SSSR count). The fraction of sp³-hybridized carbons (Fsp3) is 0.444. The van der Waals surface area contributed by atoms with E-state index >= 15 is 0 Å². The molecule has 0 radical (unpaired) electrons.